The van der Waals surface area contributed by atoms with E-state index in [1.807, 2.05) is 0 Å². The van der Waals surface area contributed by atoms with Gasteiger partial charge < -0.3 is 10.2 Å². The number of carbonyl (C=O) groups excluding carboxylic acids is 1. The molecule has 1 atom stereocenters. The zero-order chi connectivity index (χ0) is 14.2. The van der Waals surface area contributed by atoms with Gasteiger partial charge in [0.05, 0.1) is 0 Å². The summed E-state index contributed by atoms with van der Waals surface area (Å²) in [5, 5.41) is 3.88. The van der Waals surface area contributed by atoms with Crippen LogP contribution in [0, 0.1) is 11.3 Å². The fourth-order valence-electron chi connectivity index (χ4n) is 4.03. The molecule has 2 saturated carbocycles. The zero-order valence-electron chi connectivity index (χ0n) is 13.2. The summed E-state index contributed by atoms with van der Waals surface area (Å²) in [5.74, 6) is 0.820. The summed E-state index contributed by atoms with van der Waals surface area (Å²) in [5.41, 5.74) is 0.512. The van der Waals surface area contributed by atoms with Crippen molar-refractivity contribution in [2.24, 2.45) is 11.3 Å². The number of piperidine rings is 1. The van der Waals surface area contributed by atoms with Crippen LogP contribution in [0.2, 0.25) is 0 Å². The van der Waals surface area contributed by atoms with E-state index in [2.05, 4.69) is 24.1 Å². The molecule has 1 saturated heterocycles. The molecule has 2 aliphatic carbocycles. The van der Waals surface area contributed by atoms with Crippen molar-refractivity contribution in [3.63, 3.8) is 0 Å². The number of nitrogens with zero attached hydrogens (tertiary/aromatic N) is 1. The molecule has 1 N–H and O–H groups in total. The Kier molecular flexibility index (Phi) is 4.07. The molecule has 1 heterocycles. The van der Waals surface area contributed by atoms with Gasteiger partial charge in [0, 0.05) is 31.1 Å². The maximum Gasteiger partial charge on any atom is 0.225 e. The molecule has 1 unspecified atom stereocenters. The average Bonchev–Trinajstić information content (AvgIpc) is 3.22. The van der Waals surface area contributed by atoms with E-state index in [0.717, 1.165) is 38.8 Å². The van der Waals surface area contributed by atoms with E-state index < -0.39 is 0 Å². The fraction of sp³-hybridized carbons (Fsp3) is 0.941. The van der Waals surface area contributed by atoms with Gasteiger partial charge in [-0.2, -0.15) is 0 Å². The average molecular weight is 278 g/mol. The predicted octanol–water partition coefficient (Wildman–Crippen LogP) is 2.95. The van der Waals surface area contributed by atoms with Gasteiger partial charge >= 0.3 is 0 Å². The lowest BCUT2D eigenvalue weighted by Gasteiger charge is -2.40. The minimum atomic E-state index is 0.388. The van der Waals surface area contributed by atoms with Crippen molar-refractivity contribution in [2.45, 2.75) is 77.3 Å². The first-order valence-corrected chi connectivity index (χ1v) is 8.58. The topological polar surface area (TPSA) is 32.3 Å². The summed E-state index contributed by atoms with van der Waals surface area (Å²) in [6, 6.07) is 1.34. The van der Waals surface area contributed by atoms with Crippen molar-refractivity contribution in [3.05, 3.63) is 0 Å². The van der Waals surface area contributed by atoms with Crippen LogP contribution in [-0.2, 0) is 4.79 Å². The maximum atomic E-state index is 12.0. The highest BCUT2D eigenvalue weighted by atomic mass is 16.2. The fourth-order valence-corrected chi connectivity index (χ4v) is 4.03. The number of rotatable bonds is 3. The molecule has 0 bridgehead atoms. The van der Waals surface area contributed by atoms with E-state index >= 15 is 0 Å². The van der Waals surface area contributed by atoms with Gasteiger partial charge in [0.25, 0.3) is 0 Å². The van der Waals surface area contributed by atoms with Crippen molar-refractivity contribution in [2.75, 3.05) is 13.1 Å². The Morgan fingerprint density at radius 2 is 1.75 bits per heavy atom. The molecule has 3 rings (SSSR count). The molecule has 20 heavy (non-hydrogen) atoms. The Bertz CT molecular complexity index is 354. The highest BCUT2D eigenvalue weighted by Gasteiger charge is 2.35. The first-order valence-electron chi connectivity index (χ1n) is 8.58. The van der Waals surface area contributed by atoms with E-state index in [4.69, 9.17) is 0 Å². The molecule has 3 fully saturated rings. The second-order valence-electron chi connectivity index (χ2n) is 8.00. The highest BCUT2D eigenvalue weighted by Crippen LogP contribution is 2.36. The Hall–Kier alpha value is -0.570. The first kappa shape index (κ1) is 14.4. The van der Waals surface area contributed by atoms with Crippen LogP contribution in [0.25, 0.3) is 0 Å². The van der Waals surface area contributed by atoms with E-state index in [1.54, 1.807) is 0 Å². The van der Waals surface area contributed by atoms with Crippen LogP contribution in [0.5, 0.6) is 0 Å². The summed E-state index contributed by atoms with van der Waals surface area (Å²) in [7, 11) is 0. The van der Waals surface area contributed by atoms with Crippen molar-refractivity contribution in [1.29, 1.82) is 0 Å². The monoisotopic (exact) mass is 278 g/mol. The Morgan fingerprint density at radius 1 is 1.05 bits per heavy atom. The summed E-state index contributed by atoms with van der Waals surface area (Å²) < 4.78 is 0. The van der Waals surface area contributed by atoms with Crippen LogP contribution < -0.4 is 5.32 Å². The second kappa shape index (κ2) is 5.67. The number of hydrogen-bond acceptors (Lipinski definition) is 2. The van der Waals surface area contributed by atoms with Crippen LogP contribution in [0.1, 0.15) is 65.2 Å². The number of amides is 1. The van der Waals surface area contributed by atoms with Crippen LogP contribution in [0.15, 0.2) is 0 Å². The lowest BCUT2D eigenvalue weighted by molar-refractivity contribution is -0.133. The Balaban J connectivity index is 1.43. The van der Waals surface area contributed by atoms with Gasteiger partial charge in [-0.05, 0) is 50.4 Å². The summed E-state index contributed by atoms with van der Waals surface area (Å²) in [6.07, 6.45) is 9.95. The van der Waals surface area contributed by atoms with Gasteiger partial charge in [0.15, 0.2) is 0 Å². The molecular weight excluding hydrogens is 248 g/mol. The molecule has 1 aliphatic heterocycles. The minimum Gasteiger partial charge on any atom is -0.342 e. The zero-order valence-corrected chi connectivity index (χ0v) is 13.2. The number of nitrogens with one attached hydrogen (secondary N) is 1. The number of carbonyl (C=O) groups is 1. The standard InChI is InChI=1S/C17H30N2O/c1-17(2)9-3-4-15(12-17)18-14-7-10-19(11-8-14)16(20)13-5-6-13/h13-15,18H,3-12H2,1-2H3. The molecule has 1 amide bonds. The third-order valence-corrected chi connectivity index (χ3v) is 5.41. The van der Waals surface area contributed by atoms with Crippen LogP contribution >= 0.6 is 0 Å². The summed E-state index contributed by atoms with van der Waals surface area (Å²) in [6.45, 7) is 6.75. The van der Waals surface area contributed by atoms with E-state index in [1.165, 1.54) is 25.7 Å². The van der Waals surface area contributed by atoms with E-state index in [9.17, 15) is 4.79 Å². The molecule has 3 nitrogen and oxygen atoms in total. The molecule has 0 spiro atoms. The highest BCUT2D eigenvalue weighted by molar-refractivity contribution is 5.81. The van der Waals surface area contributed by atoms with Crippen LogP contribution in [-0.4, -0.2) is 36.0 Å². The smallest absolute Gasteiger partial charge is 0.225 e. The van der Waals surface area contributed by atoms with E-state index in [-0.39, 0.29) is 0 Å². The normalized spacial score (nSPS) is 31.3. The summed E-state index contributed by atoms with van der Waals surface area (Å²) in [4.78, 5) is 14.2. The van der Waals surface area contributed by atoms with E-state index in [0.29, 0.717) is 29.3 Å². The van der Waals surface area contributed by atoms with Crippen LogP contribution in [0.3, 0.4) is 0 Å². The molecule has 0 aromatic carbocycles. The first-order chi connectivity index (χ1) is 9.53. The maximum absolute atomic E-state index is 12.0. The van der Waals surface area contributed by atoms with Crippen molar-refractivity contribution in [3.8, 4) is 0 Å². The molecule has 3 aliphatic rings. The quantitative estimate of drug-likeness (QED) is 0.861. The molecule has 3 heteroatoms. The molecule has 0 radical (unpaired) electrons. The molecule has 114 valence electrons. The Labute approximate surface area is 123 Å². The lowest BCUT2D eigenvalue weighted by atomic mass is 9.75. The molecular formula is C17H30N2O. The minimum absolute atomic E-state index is 0.388. The van der Waals surface area contributed by atoms with Gasteiger partial charge in [-0.25, -0.2) is 0 Å². The Morgan fingerprint density at radius 3 is 2.35 bits per heavy atom. The van der Waals surface area contributed by atoms with Gasteiger partial charge in [-0.3, -0.25) is 4.79 Å². The second-order valence-corrected chi connectivity index (χ2v) is 8.00. The third kappa shape index (κ3) is 3.55. The van der Waals surface area contributed by atoms with Gasteiger partial charge in [0.1, 0.15) is 0 Å². The van der Waals surface area contributed by atoms with Crippen molar-refractivity contribution < 1.29 is 4.79 Å². The number of hydrogen-bond donors (Lipinski definition) is 1. The van der Waals surface area contributed by atoms with Crippen LogP contribution in [0.4, 0.5) is 0 Å². The molecule has 0 aromatic rings. The van der Waals surface area contributed by atoms with Crippen molar-refractivity contribution in [1.82, 2.24) is 10.2 Å². The lowest BCUT2D eigenvalue weighted by Crippen LogP contribution is -2.49. The van der Waals surface area contributed by atoms with Gasteiger partial charge in [0.2, 0.25) is 5.91 Å². The number of likely N-dealkylation sites (tertiary alicyclic amines) is 1. The SMILES string of the molecule is CC1(C)CCCC(NC2CCN(C(=O)C3CC3)CC2)C1. The predicted molar refractivity (Wildman–Crippen MR) is 81.5 cm³/mol. The largest absolute Gasteiger partial charge is 0.342 e. The van der Waals surface area contributed by atoms with Gasteiger partial charge in [-0.1, -0.05) is 20.3 Å². The molecule has 0 aromatic heterocycles. The summed E-state index contributed by atoms with van der Waals surface area (Å²) >= 11 is 0. The van der Waals surface area contributed by atoms with Gasteiger partial charge in [-0.15, -0.1) is 0 Å². The third-order valence-electron chi connectivity index (χ3n) is 5.41. The van der Waals surface area contributed by atoms with Crippen molar-refractivity contribution >= 4 is 5.91 Å².